The minimum Gasteiger partial charge on any atom is -0.493 e. The molecule has 0 aliphatic carbocycles. The first-order valence-electron chi connectivity index (χ1n) is 8.53. The zero-order chi connectivity index (χ0) is 17.8. The van der Waals surface area contributed by atoms with E-state index in [1.54, 1.807) is 14.2 Å². The molecule has 1 aliphatic rings. The highest BCUT2D eigenvalue weighted by molar-refractivity contribution is 5.90. The Bertz CT molecular complexity index is 756. The zero-order valence-corrected chi connectivity index (χ0v) is 15.0. The van der Waals surface area contributed by atoms with Gasteiger partial charge in [-0.05, 0) is 53.9 Å². The van der Waals surface area contributed by atoms with E-state index < -0.39 is 0 Å². The molecule has 2 aromatic carbocycles. The number of hydrogen-bond acceptors (Lipinski definition) is 4. The monoisotopic (exact) mass is 340 g/mol. The number of methoxy groups -OCH3 is 2. The first-order valence-corrected chi connectivity index (χ1v) is 8.53. The number of ether oxygens (including phenoxy) is 2. The second kappa shape index (κ2) is 7.47. The molecule has 0 spiro atoms. The molecule has 0 unspecified atom stereocenters. The lowest BCUT2D eigenvalue weighted by Crippen LogP contribution is -2.30. The Balaban J connectivity index is 1.77. The number of hydrogen-bond donors (Lipinski definition) is 1. The second-order valence-electron chi connectivity index (χ2n) is 6.10. The maximum atomic E-state index is 11.5. The summed E-state index contributed by atoms with van der Waals surface area (Å²) in [4.78, 5) is 13.8. The van der Waals surface area contributed by atoms with Gasteiger partial charge in [-0.25, -0.2) is 0 Å². The van der Waals surface area contributed by atoms with Crippen molar-refractivity contribution in [1.82, 2.24) is 0 Å². The van der Waals surface area contributed by atoms with Crippen molar-refractivity contribution in [2.75, 3.05) is 31.0 Å². The van der Waals surface area contributed by atoms with Gasteiger partial charge in [0.05, 0.1) is 14.2 Å². The van der Waals surface area contributed by atoms with E-state index in [-0.39, 0.29) is 5.91 Å². The molecule has 3 rings (SSSR count). The molecule has 132 valence electrons. The molecule has 1 aliphatic heterocycles. The molecule has 1 N–H and O–H groups in total. The van der Waals surface area contributed by atoms with Crippen LogP contribution in [0.15, 0.2) is 36.4 Å². The summed E-state index contributed by atoms with van der Waals surface area (Å²) in [6.45, 7) is 3.62. The minimum absolute atomic E-state index is 0.0284. The van der Waals surface area contributed by atoms with E-state index in [9.17, 15) is 4.79 Å². The molecular weight excluding hydrogens is 316 g/mol. The van der Waals surface area contributed by atoms with Crippen LogP contribution in [-0.4, -0.2) is 26.7 Å². The zero-order valence-electron chi connectivity index (χ0n) is 15.0. The molecule has 2 aromatic rings. The average molecular weight is 340 g/mol. The summed E-state index contributed by atoms with van der Waals surface area (Å²) < 4.78 is 10.8. The molecule has 1 amide bonds. The van der Waals surface area contributed by atoms with Crippen LogP contribution in [0.3, 0.4) is 0 Å². The molecule has 25 heavy (non-hydrogen) atoms. The highest BCUT2D eigenvalue weighted by Crippen LogP contribution is 2.34. The van der Waals surface area contributed by atoms with Crippen LogP contribution in [0.5, 0.6) is 11.5 Å². The molecule has 0 aromatic heterocycles. The van der Waals surface area contributed by atoms with Crippen molar-refractivity contribution in [3.8, 4) is 11.5 Å². The number of carbonyl (C=O) groups is 1. The largest absolute Gasteiger partial charge is 0.493 e. The summed E-state index contributed by atoms with van der Waals surface area (Å²) in [7, 11) is 3.33. The maximum absolute atomic E-state index is 11.5. The first kappa shape index (κ1) is 17.1. The SMILES string of the molecule is CCC(=O)Nc1ccc(N2CCc3cc(OC)c(OC)cc3C2)cc1. The van der Waals surface area contributed by atoms with Gasteiger partial charge in [-0.1, -0.05) is 6.92 Å². The Morgan fingerprint density at radius 2 is 1.72 bits per heavy atom. The smallest absolute Gasteiger partial charge is 0.224 e. The molecule has 0 atom stereocenters. The van der Waals surface area contributed by atoms with Crippen LogP contribution in [0.1, 0.15) is 24.5 Å². The standard InChI is InChI=1S/C20H24N2O3/c1-4-20(23)21-16-5-7-17(8-6-16)22-10-9-14-11-18(24-2)19(25-3)12-15(14)13-22/h5-8,11-12H,4,9-10,13H2,1-3H3,(H,21,23). The van der Waals surface area contributed by atoms with Gasteiger partial charge < -0.3 is 19.7 Å². The first-order chi connectivity index (χ1) is 12.1. The van der Waals surface area contributed by atoms with E-state index in [1.165, 1.54) is 11.1 Å². The Morgan fingerprint density at radius 3 is 2.32 bits per heavy atom. The lowest BCUT2D eigenvalue weighted by Gasteiger charge is -2.31. The highest BCUT2D eigenvalue weighted by atomic mass is 16.5. The minimum atomic E-state index is 0.0284. The molecule has 1 heterocycles. The van der Waals surface area contributed by atoms with Crippen LogP contribution in [-0.2, 0) is 17.8 Å². The van der Waals surface area contributed by atoms with Gasteiger partial charge in [-0.2, -0.15) is 0 Å². The van der Waals surface area contributed by atoms with E-state index in [1.807, 2.05) is 19.1 Å². The third-order valence-corrected chi connectivity index (χ3v) is 4.56. The summed E-state index contributed by atoms with van der Waals surface area (Å²) in [5.41, 5.74) is 4.54. The predicted octanol–water partition coefficient (Wildman–Crippen LogP) is 3.62. The Morgan fingerprint density at radius 1 is 1.08 bits per heavy atom. The van der Waals surface area contributed by atoms with Gasteiger partial charge in [-0.15, -0.1) is 0 Å². The average Bonchev–Trinajstić information content (AvgIpc) is 2.66. The summed E-state index contributed by atoms with van der Waals surface area (Å²) in [6.07, 6.45) is 1.44. The molecular formula is C20H24N2O3. The summed E-state index contributed by atoms with van der Waals surface area (Å²) >= 11 is 0. The van der Waals surface area contributed by atoms with Crippen LogP contribution >= 0.6 is 0 Å². The van der Waals surface area contributed by atoms with Crippen molar-refractivity contribution in [1.29, 1.82) is 0 Å². The maximum Gasteiger partial charge on any atom is 0.224 e. The number of anilines is 2. The summed E-state index contributed by atoms with van der Waals surface area (Å²) in [6, 6.07) is 12.2. The highest BCUT2D eigenvalue weighted by Gasteiger charge is 2.19. The van der Waals surface area contributed by atoms with E-state index in [0.29, 0.717) is 6.42 Å². The number of rotatable bonds is 5. The van der Waals surface area contributed by atoms with Crippen molar-refractivity contribution in [3.63, 3.8) is 0 Å². The fraction of sp³-hybridized carbons (Fsp3) is 0.350. The van der Waals surface area contributed by atoms with Crippen LogP contribution in [0.4, 0.5) is 11.4 Å². The van der Waals surface area contributed by atoms with E-state index >= 15 is 0 Å². The third-order valence-electron chi connectivity index (χ3n) is 4.56. The number of amides is 1. The van der Waals surface area contributed by atoms with Gasteiger partial charge in [0.25, 0.3) is 0 Å². The Kier molecular flexibility index (Phi) is 5.12. The normalized spacial score (nSPS) is 13.2. The van der Waals surface area contributed by atoms with Gasteiger partial charge in [0.15, 0.2) is 11.5 Å². The van der Waals surface area contributed by atoms with Crippen LogP contribution in [0, 0.1) is 0 Å². The number of fused-ring (bicyclic) bond motifs is 1. The van der Waals surface area contributed by atoms with Gasteiger partial charge >= 0.3 is 0 Å². The fourth-order valence-electron chi connectivity index (χ4n) is 3.11. The molecule has 0 saturated carbocycles. The molecule has 5 nitrogen and oxygen atoms in total. The lowest BCUT2D eigenvalue weighted by atomic mass is 9.98. The molecule has 0 radical (unpaired) electrons. The number of benzene rings is 2. The van der Waals surface area contributed by atoms with Gasteiger partial charge in [0, 0.05) is 30.9 Å². The quantitative estimate of drug-likeness (QED) is 0.903. The number of carbonyl (C=O) groups excluding carboxylic acids is 1. The van der Waals surface area contributed by atoms with Crippen molar-refractivity contribution in [2.24, 2.45) is 0 Å². The number of nitrogens with zero attached hydrogens (tertiary/aromatic N) is 1. The van der Waals surface area contributed by atoms with Crippen LogP contribution in [0.2, 0.25) is 0 Å². The van der Waals surface area contributed by atoms with Crippen molar-refractivity contribution in [2.45, 2.75) is 26.3 Å². The molecule has 0 fully saturated rings. The third kappa shape index (κ3) is 3.71. The van der Waals surface area contributed by atoms with E-state index in [0.717, 1.165) is 42.4 Å². The Hall–Kier alpha value is -2.69. The summed E-state index contributed by atoms with van der Waals surface area (Å²) in [5.74, 6) is 1.58. The lowest BCUT2D eigenvalue weighted by molar-refractivity contribution is -0.115. The molecule has 5 heteroatoms. The van der Waals surface area contributed by atoms with Gasteiger partial charge in [-0.3, -0.25) is 4.79 Å². The second-order valence-corrected chi connectivity index (χ2v) is 6.10. The molecule has 0 bridgehead atoms. The number of nitrogens with one attached hydrogen (secondary N) is 1. The van der Waals surface area contributed by atoms with Crippen LogP contribution < -0.4 is 19.7 Å². The van der Waals surface area contributed by atoms with Crippen molar-refractivity contribution >= 4 is 17.3 Å². The van der Waals surface area contributed by atoms with Gasteiger partial charge in [0.2, 0.25) is 5.91 Å². The molecule has 0 saturated heterocycles. The van der Waals surface area contributed by atoms with E-state index in [4.69, 9.17) is 9.47 Å². The fourth-order valence-corrected chi connectivity index (χ4v) is 3.11. The van der Waals surface area contributed by atoms with Crippen molar-refractivity contribution < 1.29 is 14.3 Å². The van der Waals surface area contributed by atoms with Crippen LogP contribution in [0.25, 0.3) is 0 Å². The van der Waals surface area contributed by atoms with Crippen molar-refractivity contribution in [3.05, 3.63) is 47.5 Å². The predicted molar refractivity (Wildman–Crippen MR) is 99.7 cm³/mol. The Labute approximate surface area is 148 Å². The summed E-state index contributed by atoms with van der Waals surface area (Å²) in [5, 5.41) is 2.88. The van der Waals surface area contributed by atoms with E-state index in [2.05, 4.69) is 34.5 Å². The topological polar surface area (TPSA) is 50.8 Å². The van der Waals surface area contributed by atoms with Gasteiger partial charge in [0.1, 0.15) is 0 Å².